The standard InChI is InChI=1S/C9H6N2/c1-2-7-5-11-9-6-10-4-3-8(7)9/h1,3-6,11H. The average molecular weight is 142 g/mol. The van der Waals surface area contributed by atoms with E-state index in [-0.39, 0.29) is 0 Å². The van der Waals surface area contributed by atoms with Gasteiger partial charge < -0.3 is 4.98 Å². The molecule has 0 aliphatic rings. The monoisotopic (exact) mass is 142 g/mol. The fourth-order valence-electron chi connectivity index (χ4n) is 1.09. The van der Waals surface area contributed by atoms with Gasteiger partial charge in [0.25, 0.3) is 0 Å². The zero-order valence-electron chi connectivity index (χ0n) is 5.83. The van der Waals surface area contributed by atoms with Crippen molar-refractivity contribution in [3.8, 4) is 12.3 Å². The van der Waals surface area contributed by atoms with Crippen molar-refractivity contribution in [2.45, 2.75) is 0 Å². The smallest absolute Gasteiger partial charge is 0.0653 e. The molecule has 0 unspecified atom stereocenters. The van der Waals surface area contributed by atoms with Crippen LogP contribution < -0.4 is 0 Å². The first-order valence-corrected chi connectivity index (χ1v) is 3.29. The lowest BCUT2D eigenvalue weighted by molar-refractivity contribution is 1.34. The SMILES string of the molecule is C#Cc1c[nH]c2cnccc12. The van der Waals surface area contributed by atoms with Gasteiger partial charge in [-0.25, -0.2) is 0 Å². The molecule has 0 aliphatic carbocycles. The topological polar surface area (TPSA) is 28.7 Å². The normalized spacial score (nSPS) is 9.73. The van der Waals surface area contributed by atoms with Crippen LogP contribution in [0.1, 0.15) is 5.56 Å². The van der Waals surface area contributed by atoms with E-state index in [4.69, 9.17) is 6.42 Å². The second-order valence-electron chi connectivity index (χ2n) is 2.27. The van der Waals surface area contributed by atoms with E-state index in [9.17, 15) is 0 Å². The summed E-state index contributed by atoms with van der Waals surface area (Å²) in [4.78, 5) is 6.99. The zero-order valence-corrected chi connectivity index (χ0v) is 5.83. The van der Waals surface area contributed by atoms with Crippen LogP contribution in [0.2, 0.25) is 0 Å². The highest BCUT2D eigenvalue weighted by atomic mass is 14.7. The van der Waals surface area contributed by atoms with E-state index in [2.05, 4.69) is 15.9 Å². The van der Waals surface area contributed by atoms with Crippen LogP contribution >= 0.6 is 0 Å². The Labute approximate surface area is 64.3 Å². The van der Waals surface area contributed by atoms with Crippen molar-refractivity contribution in [2.75, 3.05) is 0 Å². The van der Waals surface area contributed by atoms with Crippen molar-refractivity contribution < 1.29 is 0 Å². The van der Waals surface area contributed by atoms with Crippen LogP contribution in [0.3, 0.4) is 0 Å². The maximum Gasteiger partial charge on any atom is 0.0653 e. The van der Waals surface area contributed by atoms with Crippen molar-refractivity contribution in [3.63, 3.8) is 0 Å². The molecule has 2 aromatic rings. The Morgan fingerprint density at radius 3 is 3.27 bits per heavy atom. The minimum absolute atomic E-state index is 0.891. The fraction of sp³-hybridized carbons (Fsp3) is 0. The molecule has 2 nitrogen and oxygen atoms in total. The van der Waals surface area contributed by atoms with Gasteiger partial charge in [0.2, 0.25) is 0 Å². The summed E-state index contributed by atoms with van der Waals surface area (Å²) < 4.78 is 0. The molecule has 0 aliphatic heterocycles. The number of terminal acetylenes is 1. The molecule has 1 N–H and O–H groups in total. The lowest BCUT2D eigenvalue weighted by atomic mass is 10.2. The quantitative estimate of drug-likeness (QED) is 0.555. The van der Waals surface area contributed by atoms with Crippen LogP contribution in [0.15, 0.2) is 24.7 Å². The highest BCUT2D eigenvalue weighted by Gasteiger charge is 1.97. The van der Waals surface area contributed by atoms with E-state index in [1.165, 1.54) is 0 Å². The lowest BCUT2D eigenvalue weighted by Gasteiger charge is -1.85. The third kappa shape index (κ3) is 0.786. The summed E-state index contributed by atoms with van der Waals surface area (Å²) in [6.45, 7) is 0. The van der Waals surface area contributed by atoms with E-state index in [0.717, 1.165) is 16.5 Å². The number of pyridine rings is 1. The predicted octanol–water partition coefficient (Wildman–Crippen LogP) is 1.54. The van der Waals surface area contributed by atoms with Gasteiger partial charge in [0, 0.05) is 23.3 Å². The number of nitrogens with zero attached hydrogens (tertiary/aromatic N) is 1. The lowest BCUT2D eigenvalue weighted by Crippen LogP contribution is -1.71. The number of aromatic amines is 1. The summed E-state index contributed by atoms with van der Waals surface area (Å²) in [5.74, 6) is 2.59. The van der Waals surface area contributed by atoms with Crippen molar-refractivity contribution in [1.82, 2.24) is 9.97 Å². The molecule has 2 heteroatoms. The first-order valence-electron chi connectivity index (χ1n) is 3.29. The molecule has 2 rings (SSSR count). The van der Waals surface area contributed by atoms with Gasteiger partial charge in [0.15, 0.2) is 0 Å². The van der Waals surface area contributed by atoms with Crippen LogP contribution in [0.4, 0.5) is 0 Å². The molecule has 0 saturated carbocycles. The number of H-pyrrole nitrogens is 1. The molecular weight excluding hydrogens is 136 g/mol. The highest BCUT2D eigenvalue weighted by molar-refractivity contribution is 5.84. The minimum Gasteiger partial charge on any atom is -0.359 e. The van der Waals surface area contributed by atoms with Gasteiger partial charge in [-0.2, -0.15) is 0 Å². The van der Waals surface area contributed by atoms with E-state index in [1.807, 2.05) is 12.3 Å². The van der Waals surface area contributed by atoms with Gasteiger partial charge in [0.05, 0.1) is 11.7 Å². The Hall–Kier alpha value is -1.75. The molecule has 0 radical (unpaired) electrons. The van der Waals surface area contributed by atoms with Crippen LogP contribution in [0.25, 0.3) is 10.9 Å². The highest BCUT2D eigenvalue weighted by Crippen LogP contribution is 2.14. The second kappa shape index (κ2) is 2.14. The molecular formula is C9H6N2. The maximum absolute atomic E-state index is 5.27. The number of hydrogen-bond acceptors (Lipinski definition) is 1. The molecule has 0 saturated heterocycles. The number of nitrogens with one attached hydrogen (secondary N) is 1. The van der Waals surface area contributed by atoms with E-state index >= 15 is 0 Å². The Bertz CT molecular complexity index is 420. The number of hydrogen-bond donors (Lipinski definition) is 1. The second-order valence-corrected chi connectivity index (χ2v) is 2.27. The number of aromatic nitrogens is 2. The number of rotatable bonds is 0. The molecule has 0 spiro atoms. The first-order chi connectivity index (χ1) is 5.42. The largest absolute Gasteiger partial charge is 0.359 e. The van der Waals surface area contributed by atoms with Gasteiger partial charge in [-0.05, 0) is 6.07 Å². The van der Waals surface area contributed by atoms with Crippen molar-refractivity contribution >= 4 is 10.9 Å². The van der Waals surface area contributed by atoms with Gasteiger partial charge in [-0.15, -0.1) is 6.42 Å². The Morgan fingerprint density at radius 2 is 2.45 bits per heavy atom. The Balaban J connectivity index is 2.89. The maximum atomic E-state index is 5.27. The molecule has 0 fully saturated rings. The summed E-state index contributed by atoms with van der Waals surface area (Å²) in [6, 6.07) is 1.90. The van der Waals surface area contributed by atoms with Crippen molar-refractivity contribution in [1.29, 1.82) is 0 Å². The molecule has 0 bridgehead atoms. The summed E-state index contributed by atoms with van der Waals surface area (Å²) >= 11 is 0. The van der Waals surface area contributed by atoms with Gasteiger partial charge in [-0.1, -0.05) is 5.92 Å². The third-order valence-corrected chi connectivity index (χ3v) is 1.64. The third-order valence-electron chi connectivity index (χ3n) is 1.64. The molecule has 0 aromatic carbocycles. The first kappa shape index (κ1) is 5.99. The van der Waals surface area contributed by atoms with Crippen molar-refractivity contribution in [2.24, 2.45) is 0 Å². The van der Waals surface area contributed by atoms with Crippen LogP contribution in [0.5, 0.6) is 0 Å². The Morgan fingerprint density at radius 1 is 1.55 bits per heavy atom. The van der Waals surface area contributed by atoms with Crippen LogP contribution in [-0.2, 0) is 0 Å². The molecule has 2 heterocycles. The predicted molar refractivity (Wildman–Crippen MR) is 44.0 cm³/mol. The number of fused-ring (bicyclic) bond motifs is 1. The summed E-state index contributed by atoms with van der Waals surface area (Å²) in [5, 5.41) is 1.06. The van der Waals surface area contributed by atoms with Gasteiger partial charge >= 0.3 is 0 Å². The molecule has 2 aromatic heterocycles. The fourth-order valence-corrected chi connectivity index (χ4v) is 1.09. The van der Waals surface area contributed by atoms with E-state index < -0.39 is 0 Å². The van der Waals surface area contributed by atoms with E-state index in [1.54, 1.807) is 12.4 Å². The van der Waals surface area contributed by atoms with Crippen LogP contribution in [-0.4, -0.2) is 9.97 Å². The zero-order chi connectivity index (χ0) is 7.68. The molecule has 0 atom stereocenters. The Kier molecular flexibility index (Phi) is 1.16. The molecule has 52 valence electrons. The van der Waals surface area contributed by atoms with Crippen molar-refractivity contribution in [3.05, 3.63) is 30.2 Å². The van der Waals surface area contributed by atoms with E-state index in [0.29, 0.717) is 0 Å². The summed E-state index contributed by atoms with van der Waals surface area (Å²) in [6.07, 6.45) is 10.6. The molecule has 0 amide bonds. The average Bonchev–Trinajstić information content (AvgIpc) is 2.47. The van der Waals surface area contributed by atoms with Gasteiger partial charge in [-0.3, -0.25) is 4.98 Å². The summed E-state index contributed by atoms with van der Waals surface area (Å²) in [7, 11) is 0. The van der Waals surface area contributed by atoms with Crippen LogP contribution in [0, 0.1) is 12.3 Å². The minimum atomic E-state index is 0.891. The van der Waals surface area contributed by atoms with Gasteiger partial charge in [0.1, 0.15) is 0 Å². The molecule has 11 heavy (non-hydrogen) atoms. The summed E-state index contributed by atoms with van der Waals surface area (Å²) in [5.41, 5.74) is 1.88.